The summed E-state index contributed by atoms with van der Waals surface area (Å²) in [5.74, 6) is 0. The Morgan fingerprint density at radius 3 is 1.57 bits per heavy atom. The largest absolute Gasteiger partial charge is 0.443 e. The van der Waals surface area contributed by atoms with E-state index in [4.69, 9.17) is 9.47 Å². The molecule has 0 aromatic carbocycles. The fourth-order valence-electron chi connectivity index (χ4n) is 2.66. The predicted octanol–water partition coefficient (Wildman–Crippen LogP) is 3.08. The van der Waals surface area contributed by atoms with Crippen LogP contribution in [0.4, 0.5) is 9.59 Å². The summed E-state index contributed by atoms with van der Waals surface area (Å²) in [6, 6.07) is 7.65. The van der Waals surface area contributed by atoms with Gasteiger partial charge >= 0.3 is 12.2 Å². The van der Waals surface area contributed by atoms with Gasteiger partial charge in [-0.2, -0.15) is 0 Å². The van der Waals surface area contributed by atoms with Crippen molar-refractivity contribution in [2.24, 2.45) is 14.1 Å². The molecule has 2 rings (SSSR count). The average molecular weight is 390 g/mol. The molecule has 0 saturated carbocycles. The second-order valence-corrected chi connectivity index (χ2v) is 6.64. The summed E-state index contributed by atoms with van der Waals surface area (Å²) in [5.41, 5.74) is 1.90. The van der Waals surface area contributed by atoms with Gasteiger partial charge in [0.2, 0.25) is 0 Å². The first-order valence-corrected chi connectivity index (χ1v) is 9.58. The Morgan fingerprint density at radius 2 is 1.21 bits per heavy atom. The molecule has 0 fully saturated rings. The molecule has 28 heavy (non-hydrogen) atoms. The highest BCUT2D eigenvalue weighted by Gasteiger charge is 2.05. The van der Waals surface area contributed by atoms with E-state index in [1.54, 1.807) is 0 Å². The van der Waals surface area contributed by atoms with E-state index in [0.29, 0.717) is 13.1 Å². The molecule has 2 heterocycles. The number of unbranched alkanes of at least 4 members (excludes halogenated alkanes) is 3. The monoisotopic (exact) mass is 390 g/mol. The van der Waals surface area contributed by atoms with Gasteiger partial charge in [0.15, 0.2) is 0 Å². The van der Waals surface area contributed by atoms with Crippen LogP contribution in [0, 0.1) is 0 Å². The molecule has 0 unspecified atom stereocenters. The third-order valence-corrected chi connectivity index (χ3v) is 4.45. The molecular formula is C20H30N4O4. The lowest BCUT2D eigenvalue weighted by atomic mass is 10.2. The Hall–Kier alpha value is -2.90. The van der Waals surface area contributed by atoms with Crippen molar-refractivity contribution in [1.29, 1.82) is 0 Å². The van der Waals surface area contributed by atoms with E-state index in [1.807, 2.05) is 59.9 Å². The van der Waals surface area contributed by atoms with Crippen LogP contribution < -0.4 is 10.6 Å². The number of hydrogen-bond donors (Lipinski definition) is 2. The van der Waals surface area contributed by atoms with Crippen LogP contribution >= 0.6 is 0 Å². The molecule has 0 radical (unpaired) electrons. The molecular weight excluding hydrogens is 360 g/mol. The number of nitrogens with one attached hydrogen (secondary N) is 2. The molecule has 8 heteroatoms. The van der Waals surface area contributed by atoms with Crippen molar-refractivity contribution in [1.82, 2.24) is 19.8 Å². The minimum absolute atomic E-state index is 0.265. The van der Waals surface area contributed by atoms with E-state index in [2.05, 4.69) is 10.6 Å². The van der Waals surface area contributed by atoms with Crippen LogP contribution in [-0.2, 0) is 36.8 Å². The van der Waals surface area contributed by atoms with Crippen LogP contribution in [-0.4, -0.2) is 34.4 Å². The third kappa shape index (κ3) is 7.77. The molecule has 0 aliphatic carbocycles. The second-order valence-electron chi connectivity index (χ2n) is 6.64. The number of hydrogen-bond acceptors (Lipinski definition) is 4. The number of rotatable bonds is 11. The van der Waals surface area contributed by atoms with Gasteiger partial charge in [0, 0.05) is 39.6 Å². The van der Waals surface area contributed by atoms with Crippen molar-refractivity contribution >= 4 is 12.2 Å². The fraction of sp³-hybridized carbons (Fsp3) is 0.500. The summed E-state index contributed by atoms with van der Waals surface area (Å²) in [5, 5.41) is 5.49. The van der Waals surface area contributed by atoms with E-state index < -0.39 is 12.2 Å². The molecule has 2 aromatic rings. The predicted molar refractivity (Wildman–Crippen MR) is 106 cm³/mol. The molecule has 0 bridgehead atoms. The van der Waals surface area contributed by atoms with Gasteiger partial charge in [0.1, 0.15) is 13.2 Å². The normalized spacial score (nSPS) is 10.5. The lowest BCUT2D eigenvalue weighted by Crippen LogP contribution is -2.26. The van der Waals surface area contributed by atoms with Crippen LogP contribution in [0.2, 0.25) is 0 Å². The van der Waals surface area contributed by atoms with Crippen LogP contribution in [0.25, 0.3) is 0 Å². The summed E-state index contributed by atoms with van der Waals surface area (Å²) in [7, 11) is 3.82. The number of aromatic nitrogens is 2. The van der Waals surface area contributed by atoms with Gasteiger partial charge in [-0.25, -0.2) is 9.59 Å². The van der Waals surface area contributed by atoms with Crippen LogP contribution in [0.1, 0.15) is 37.1 Å². The zero-order valence-corrected chi connectivity index (χ0v) is 16.6. The first-order chi connectivity index (χ1) is 13.6. The maximum atomic E-state index is 11.6. The lowest BCUT2D eigenvalue weighted by Gasteiger charge is -2.08. The minimum atomic E-state index is -0.399. The van der Waals surface area contributed by atoms with E-state index in [-0.39, 0.29) is 13.2 Å². The Morgan fingerprint density at radius 1 is 0.786 bits per heavy atom. The van der Waals surface area contributed by atoms with E-state index in [1.165, 1.54) is 0 Å². The van der Waals surface area contributed by atoms with Gasteiger partial charge in [-0.1, -0.05) is 12.8 Å². The SMILES string of the molecule is Cn1cccc1COC(=O)NCCCCCCNC(=O)OCc1cccn1C. The molecule has 2 N–H and O–H groups in total. The van der Waals surface area contributed by atoms with Gasteiger partial charge in [0.05, 0.1) is 11.4 Å². The maximum Gasteiger partial charge on any atom is 0.407 e. The van der Waals surface area contributed by atoms with Gasteiger partial charge in [-0.3, -0.25) is 0 Å². The average Bonchev–Trinajstić information content (AvgIpc) is 3.28. The van der Waals surface area contributed by atoms with Gasteiger partial charge in [-0.15, -0.1) is 0 Å². The van der Waals surface area contributed by atoms with E-state index in [0.717, 1.165) is 37.1 Å². The molecule has 154 valence electrons. The van der Waals surface area contributed by atoms with Crippen molar-refractivity contribution < 1.29 is 19.1 Å². The Labute approximate surface area is 165 Å². The third-order valence-electron chi connectivity index (χ3n) is 4.45. The molecule has 0 aliphatic heterocycles. The molecule has 0 saturated heterocycles. The number of ether oxygens (including phenoxy) is 2. The number of nitrogens with zero attached hydrogens (tertiary/aromatic N) is 2. The summed E-state index contributed by atoms with van der Waals surface area (Å²) in [6.45, 7) is 1.69. The van der Waals surface area contributed by atoms with Crippen LogP contribution in [0.5, 0.6) is 0 Å². The Balaban J connectivity index is 1.40. The van der Waals surface area contributed by atoms with Crippen molar-refractivity contribution in [2.45, 2.75) is 38.9 Å². The fourth-order valence-corrected chi connectivity index (χ4v) is 2.66. The van der Waals surface area contributed by atoms with Gasteiger partial charge in [0.25, 0.3) is 0 Å². The first kappa shape index (κ1) is 21.4. The number of carbonyl (C=O) groups excluding carboxylic acids is 2. The zero-order valence-electron chi connectivity index (χ0n) is 16.6. The number of alkyl carbamates (subject to hydrolysis) is 2. The topological polar surface area (TPSA) is 86.5 Å². The molecule has 0 spiro atoms. The molecule has 0 atom stereocenters. The maximum absolute atomic E-state index is 11.6. The Bertz CT molecular complexity index is 676. The summed E-state index contributed by atoms with van der Waals surface area (Å²) in [6.07, 6.45) is 6.71. The number of aryl methyl sites for hydroxylation is 2. The van der Waals surface area contributed by atoms with Gasteiger partial charge < -0.3 is 29.2 Å². The molecule has 8 nitrogen and oxygen atoms in total. The highest BCUT2D eigenvalue weighted by molar-refractivity contribution is 5.67. The van der Waals surface area contributed by atoms with E-state index >= 15 is 0 Å². The zero-order chi connectivity index (χ0) is 20.2. The highest BCUT2D eigenvalue weighted by atomic mass is 16.6. The van der Waals surface area contributed by atoms with Crippen molar-refractivity contribution in [3.05, 3.63) is 48.0 Å². The summed E-state index contributed by atoms with van der Waals surface area (Å²) < 4.78 is 14.2. The number of amides is 2. The van der Waals surface area contributed by atoms with Crippen LogP contribution in [0.15, 0.2) is 36.7 Å². The van der Waals surface area contributed by atoms with Crippen molar-refractivity contribution in [2.75, 3.05) is 13.1 Å². The molecule has 0 aliphatic rings. The molecule has 2 aromatic heterocycles. The number of carbonyl (C=O) groups is 2. The lowest BCUT2D eigenvalue weighted by molar-refractivity contribution is 0.136. The van der Waals surface area contributed by atoms with Gasteiger partial charge in [-0.05, 0) is 37.1 Å². The highest BCUT2D eigenvalue weighted by Crippen LogP contribution is 2.03. The smallest absolute Gasteiger partial charge is 0.407 e. The van der Waals surface area contributed by atoms with Crippen LogP contribution in [0.3, 0.4) is 0 Å². The second kappa shape index (κ2) is 11.7. The first-order valence-electron chi connectivity index (χ1n) is 9.58. The van der Waals surface area contributed by atoms with E-state index in [9.17, 15) is 9.59 Å². The van der Waals surface area contributed by atoms with Crippen molar-refractivity contribution in [3.63, 3.8) is 0 Å². The Kier molecular flexibility index (Phi) is 8.97. The molecule has 2 amide bonds. The minimum Gasteiger partial charge on any atom is -0.443 e. The summed E-state index contributed by atoms with van der Waals surface area (Å²) >= 11 is 0. The quantitative estimate of drug-likeness (QED) is 0.577. The van der Waals surface area contributed by atoms with Crippen molar-refractivity contribution in [3.8, 4) is 0 Å². The standard InChI is InChI=1S/C20H30N4O4/c1-23-13-7-9-17(23)15-27-19(25)21-11-5-3-4-6-12-22-20(26)28-16-18-10-8-14-24(18)2/h7-10,13-14H,3-6,11-12,15-16H2,1-2H3,(H,21,25)(H,22,26). The summed E-state index contributed by atoms with van der Waals surface area (Å²) in [4.78, 5) is 23.2.